The summed E-state index contributed by atoms with van der Waals surface area (Å²) in [5, 5.41) is 6.07. The number of nitrogens with one attached hydrogen (secondary N) is 3. The number of halogens is 1. The summed E-state index contributed by atoms with van der Waals surface area (Å²) < 4.78 is 23.5. The van der Waals surface area contributed by atoms with Gasteiger partial charge in [-0.05, 0) is 42.5 Å². The van der Waals surface area contributed by atoms with Crippen LogP contribution in [0, 0.1) is 0 Å². The van der Waals surface area contributed by atoms with E-state index in [0.29, 0.717) is 16.6 Å². The summed E-state index contributed by atoms with van der Waals surface area (Å²) in [6.07, 6.45) is 1.06. The van der Waals surface area contributed by atoms with E-state index in [9.17, 15) is 22.8 Å². The number of carbonyl (C=O) groups excluding carboxylic acids is 2. The Balaban J connectivity index is 1.54. The van der Waals surface area contributed by atoms with Crippen molar-refractivity contribution in [2.75, 3.05) is 16.9 Å². The van der Waals surface area contributed by atoms with Gasteiger partial charge in [-0.1, -0.05) is 35.9 Å². The smallest absolute Gasteiger partial charge is 0.256 e. The molecule has 1 aromatic heterocycles. The molecule has 3 N–H and O–H groups in total. The van der Waals surface area contributed by atoms with Crippen molar-refractivity contribution >= 4 is 55.5 Å². The van der Waals surface area contributed by atoms with Crippen molar-refractivity contribution in [1.82, 2.24) is 4.98 Å². The third-order valence-electron chi connectivity index (χ3n) is 4.99. The maximum absolute atomic E-state index is 12.8. The summed E-state index contributed by atoms with van der Waals surface area (Å²) in [5.74, 6) is -1.04. The Hall–Kier alpha value is -3.95. The first-order valence-electron chi connectivity index (χ1n) is 9.96. The summed E-state index contributed by atoms with van der Waals surface area (Å²) in [5.41, 5.74) is 1.12. The number of carbonyl (C=O) groups is 2. The number of sulfone groups is 1. The fourth-order valence-corrected chi connectivity index (χ4v) is 4.24. The molecular weight excluding hydrogens is 478 g/mol. The van der Waals surface area contributed by atoms with Crippen molar-refractivity contribution in [3.8, 4) is 0 Å². The fraction of sp³-hybridized carbons (Fsp3) is 0.0417. The number of pyridine rings is 1. The first kappa shape index (κ1) is 23.2. The third kappa shape index (κ3) is 5.00. The van der Waals surface area contributed by atoms with Crippen LogP contribution in [0.1, 0.15) is 20.7 Å². The molecule has 0 spiro atoms. The highest BCUT2D eigenvalue weighted by Crippen LogP contribution is 2.27. The summed E-state index contributed by atoms with van der Waals surface area (Å²) >= 11 is 6.30. The molecule has 0 unspecified atom stereocenters. The molecule has 0 saturated heterocycles. The highest BCUT2D eigenvalue weighted by molar-refractivity contribution is 7.90. The van der Waals surface area contributed by atoms with E-state index in [2.05, 4.69) is 15.6 Å². The Morgan fingerprint density at radius 1 is 0.882 bits per heavy atom. The van der Waals surface area contributed by atoms with Crippen molar-refractivity contribution in [2.24, 2.45) is 0 Å². The Kier molecular flexibility index (Phi) is 6.23. The number of amides is 2. The van der Waals surface area contributed by atoms with E-state index in [1.807, 2.05) is 0 Å². The second kappa shape index (κ2) is 9.12. The molecule has 172 valence electrons. The maximum atomic E-state index is 12.8. The van der Waals surface area contributed by atoms with Gasteiger partial charge in [0.2, 0.25) is 5.56 Å². The second-order valence-electron chi connectivity index (χ2n) is 7.50. The van der Waals surface area contributed by atoms with Gasteiger partial charge in [0.15, 0.2) is 9.84 Å². The molecule has 0 aliphatic carbocycles. The fourth-order valence-electron chi connectivity index (χ4n) is 3.35. The van der Waals surface area contributed by atoms with E-state index in [4.69, 9.17) is 11.6 Å². The minimum Gasteiger partial charge on any atom is -0.322 e. The topological polar surface area (TPSA) is 125 Å². The molecule has 4 rings (SSSR count). The number of benzene rings is 3. The van der Waals surface area contributed by atoms with Crippen LogP contribution >= 0.6 is 11.6 Å². The Morgan fingerprint density at radius 2 is 1.65 bits per heavy atom. The van der Waals surface area contributed by atoms with Crippen LogP contribution in [0.5, 0.6) is 0 Å². The highest BCUT2D eigenvalue weighted by atomic mass is 35.5. The lowest BCUT2D eigenvalue weighted by Crippen LogP contribution is -2.17. The lowest BCUT2D eigenvalue weighted by Gasteiger charge is -2.11. The first-order chi connectivity index (χ1) is 16.1. The minimum absolute atomic E-state index is 0.0246. The van der Waals surface area contributed by atoms with Gasteiger partial charge in [0.1, 0.15) is 0 Å². The van der Waals surface area contributed by atoms with E-state index >= 15 is 0 Å². The standard InChI is InChI=1S/C24H18ClN3O5S/c1-34(32,33)16-6-4-5-14(11-16)23(30)28-21-10-9-15(12-19(21)25)26-24(31)18-13-22(29)27-20-8-3-2-7-17(18)20/h2-13H,1H3,(H,26,31)(H,27,29)(H,28,30). The summed E-state index contributed by atoms with van der Waals surface area (Å²) in [7, 11) is -3.46. The average Bonchev–Trinajstić information content (AvgIpc) is 2.79. The van der Waals surface area contributed by atoms with Crippen LogP contribution in [0.4, 0.5) is 11.4 Å². The quantitative estimate of drug-likeness (QED) is 0.384. The number of rotatable bonds is 5. The van der Waals surface area contributed by atoms with Crippen molar-refractivity contribution in [3.05, 3.63) is 99.3 Å². The molecular formula is C24H18ClN3O5S. The van der Waals surface area contributed by atoms with E-state index < -0.39 is 27.2 Å². The van der Waals surface area contributed by atoms with Crippen LogP contribution in [0.25, 0.3) is 10.9 Å². The molecule has 4 aromatic rings. The molecule has 0 atom stereocenters. The monoisotopic (exact) mass is 495 g/mol. The summed E-state index contributed by atoms with van der Waals surface area (Å²) in [4.78, 5) is 40.0. The molecule has 0 aliphatic heterocycles. The molecule has 3 aromatic carbocycles. The zero-order valence-corrected chi connectivity index (χ0v) is 19.3. The van der Waals surface area contributed by atoms with Gasteiger partial charge >= 0.3 is 0 Å². The number of para-hydroxylation sites is 1. The van der Waals surface area contributed by atoms with E-state index in [1.54, 1.807) is 30.3 Å². The predicted octanol–water partition coefficient (Wildman–Crippen LogP) is 4.09. The van der Waals surface area contributed by atoms with Crippen LogP contribution in [0.15, 0.2) is 82.5 Å². The number of hydrogen-bond donors (Lipinski definition) is 3. The van der Waals surface area contributed by atoms with Crippen LogP contribution in [-0.2, 0) is 9.84 Å². The predicted molar refractivity (Wildman–Crippen MR) is 131 cm³/mol. The Morgan fingerprint density at radius 3 is 2.38 bits per heavy atom. The number of anilines is 2. The lowest BCUT2D eigenvalue weighted by atomic mass is 10.1. The lowest BCUT2D eigenvalue weighted by molar-refractivity contribution is 0.101. The molecule has 0 aliphatic rings. The first-order valence-corrected chi connectivity index (χ1v) is 12.2. The molecule has 8 nitrogen and oxygen atoms in total. The van der Waals surface area contributed by atoms with Gasteiger partial charge in [-0.15, -0.1) is 0 Å². The highest BCUT2D eigenvalue weighted by Gasteiger charge is 2.15. The third-order valence-corrected chi connectivity index (χ3v) is 6.42. The number of hydrogen-bond acceptors (Lipinski definition) is 5. The molecule has 2 amide bonds. The van der Waals surface area contributed by atoms with Gasteiger partial charge in [0.05, 0.1) is 21.2 Å². The second-order valence-corrected chi connectivity index (χ2v) is 9.92. The van der Waals surface area contributed by atoms with Gasteiger partial charge < -0.3 is 15.6 Å². The number of aromatic nitrogens is 1. The van der Waals surface area contributed by atoms with Gasteiger partial charge in [0.25, 0.3) is 11.8 Å². The van der Waals surface area contributed by atoms with Crippen molar-refractivity contribution in [3.63, 3.8) is 0 Å². The zero-order valence-electron chi connectivity index (χ0n) is 17.8. The van der Waals surface area contributed by atoms with Crippen molar-refractivity contribution < 1.29 is 18.0 Å². The van der Waals surface area contributed by atoms with Gasteiger partial charge in [-0.2, -0.15) is 0 Å². The normalized spacial score (nSPS) is 11.2. The SMILES string of the molecule is CS(=O)(=O)c1cccc(C(=O)Nc2ccc(NC(=O)c3cc(=O)[nH]c4ccccc34)cc2Cl)c1. The molecule has 34 heavy (non-hydrogen) atoms. The van der Waals surface area contributed by atoms with Gasteiger partial charge in [-0.25, -0.2) is 8.42 Å². The molecule has 0 radical (unpaired) electrons. The largest absolute Gasteiger partial charge is 0.322 e. The van der Waals surface area contributed by atoms with Crippen LogP contribution in [0.2, 0.25) is 5.02 Å². The van der Waals surface area contributed by atoms with Crippen molar-refractivity contribution in [1.29, 1.82) is 0 Å². The minimum atomic E-state index is -3.46. The van der Waals surface area contributed by atoms with Crippen molar-refractivity contribution in [2.45, 2.75) is 4.90 Å². The van der Waals surface area contributed by atoms with E-state index in [-0.39, 0.29) is 26.7 Å². The van der Waals surface area contributed by atoms with Crippen LogP contribution in [-0.4, -0.2) is 31.5 Å². The van der Waals surface area contributed by atoms with Gasteiger partial charge in [-0.3, -0.25) is 14.4 Å². The number of H-pyrrole nitrogens is 1. The van der Waals surface area contributed by atoms with E-state index in [0.717, 1.165) is 6.26 Å². The summed E-state index contributed by atoms with van der Waals surface area (Å²) in [6, 6.07) is 18.3. The van der Waals surface area contributed by atoms with Gasteiger partial charge in [0, 0.05) is 34.5 Å². The maximum Gasteiger partial charge on any atom is 0.256 e. The zero-order chi connectivity index (χ0) is 24.5. The average molecular weight is 496 g/mol. The van der Waals surface area contributed by atoms with E-state index in [1.165, 1.54) is 42.5 Å². The Bertz CT molecular complexity index is 1610. The number of aromatic amines is 1. The molecule has 10 heteroatoms. The van der Waals surface area contributed by atoms with Crippen LogP contribution in [0.3, 0.4) is 0 Å². The molecule has 0 saturated carbocycles. The Labute approximate surface area is 199 Å². The number of fused-ring (bicyclic) bond motifs is 1. The summed E-state index contributed by atoms with van der Waals surface area (Å²) in [6.45, 7) is 0. The molecule has 0 fully saturated rings. The van der Waals surface area contributed by atoms with Crippen LogP contribution < -0.4 is 16.2 Å². The molecule has 0 bridgehead atoms. The molecule has 1 heterocycles.